The van der Waals surface area contributed by atoms with Crippen molar-refractivity contribution in [1.82, 2.24) is 5.32 Å². The van der Waals surface area contributed by atoms with Gasteiger partial charge < -0.3 is 10.1 Å². The molecule has 100 valence electrons. The van der Waals surface area contributed by atoms with E-state index in [9.17, 15) is 9.18 Å². The first-order chi connectivity index (χ1) is 8.58. The SMILES string of the molecule is CCC(C)C(NCc1cccc(F)c1)C(=O)OC. The zero-order valence-corrected chi connectivity index (χ0v) is 11.1. The Hall–Kier alpha value is -1.42. The van der Waals surface area contributed by atoms with Crippen LogP contribution < -0.4 is 5.32 Å². The molecule has 0 bridgehead atoms. The van der Waals surface area contributed by atoms with E-state index in [2.05, 4.69) is 5.32 Å². The molecule has 0 aromatic heterocycles. The summed E-state index contributed by atoms with van der Waals surface area (Å²) in [6, 6.07) is 5.97. The van der Waals surface area contributed by atoms with Crippen molar-refractivity contribution in [2.75, 3.05) is 7.11 Å². The van der Waals surface area contributed by atoms with Gasteiger partial charge in [-0.3, -0.25) is 4.79 Å². The highest BCUT2D eigenvalue weighted by atomic mass is 19.1. The van der Waals surface area contributed by atoms with Crippen molar-refractivity contribution < 1.29 is 13.9 Å². The maximum atomic E-state index is 13.0. The Kier molecular flexibility index (Phi) is 5.78. The second-order valence-electron chi connectivity index (χ2n) is 4.40. The summed E-state index contributed by atoms with van der Waals surface area (Å²) in [6.45, 7) is 4.45. The standard InChI is InChI=1S/C14H20FNO2/c1-4-10(2)13(14(17)18-3)16-9-11-6-5-7-12(15)8-11/h5-8,10,13,16H,4,9H2,1-3H3. The molecule has 18 heavy (non-hydrogen) atoms. The van der Waals surface area contributed by atoms with Gasteiger partial charge in [-0.15, -0.1) is 0 Å². The number of rotatable bonds is 6. The average molecular weight is 253 g/mol. The average Bonchev–Trinajstić information content (AvgIpc) is 2.38. The summed E-state index contributed by atoms with van der Waals surface area (Å²) in [5, 5.41) is 3.12. The maximum Gasteiger partial charge on any atom is 0.323 e. The zero-order chi connectivity index (χ0) is 13.5. The summed E-state index contributed by atoms with van der Waals surface area (Å²) in [6.07, 6.45) is 0.871. The highest BCUT2D eigenvalue weighted by Gasteiger charge is 2.23. The van der Waals surface area contributed by atoms with E-state index in [1.54, 1.807) is 6.07 Å². The van der Waals surface area contributed by atoms with E-state index in [1.165, 1.54) is 19.2 Å². The Balaban J connectivity index is 2.64. The minimum Gasteiger partial charge on any atom is -0.468 e. The summed E-state index contributed by atoms with van der Waals surface area (Å²) in [4.78, 5) is 11.6. The van der Waals surface area contributed by atoms with E-state index in [-0.39, 0.29) is 23.7 Å². The topological polar surface area (TPSA) is 38.3 Å². The first-order valence-corrected chi connectivity index (χ1v) is 6.14. The van der Waals surface area contributed by atoms with Crippen molar-refractivity contribution in [3.8, 4) is 0 Å². The Bertz CT molecular complexity index is 395. The Morgan fingerprint density at radius 2 is 2.22 bits per heavy atom. The number of hydrogen-bond donors (Lipinski definition) is 1. The molecule has 1 aromatic rings. The Morgan fingerprint density at radius 3 is 2.78 bits per heavy atom. The summed E-state index contributed by atoms with van der Waals surface area (Å²) < 4.78 is 17.8. The van der Waals surface area contributed by atoms with Crippen LogP contribution in [0.25, 0.3) is 0 Å². The molecule has 2 unspecified atom stereocenters. The van der Waals surface area contributed by atoms with Crippen molar-refractivity contribution in [3.63, 3.8) is 0 Å². The number of hydrogen-bond acceptors (Lipinski definition) is 3. The van der Waals surface area contributed by atoms with Gasteiger partial charge in [0.05, 0.1) is 7.11 Å². The predicted molar refractivity (Wildman–Crippen MR) is 68.5 cm³/mol. The number of carbonyl (C=O) groups is 1. The van der Waals surface area contributed by atoms with Gasteiger partial charge in [-0.25, -0.2) is 4.39 Å². The first-order valence-electron chi connectivity index (χ1n) is 6.14. The molecule has 2 atom stereocenters. The quantitative estimate of drug-likeness (QED) is 0.792. The molecule has 0 fully saturated rings. The number of esters is 1. The minimum atomic E-state index is -0.358. The molecule has 4 heteroatoms. The zero-order valence-electron chi connectivity index (χ0n) is 11.1. The van der Waals surface area contributed by atoms with Crippen LogP contribution in [0.4, 0.5) is 4.39 Å². The first kappa shape index (κ1) is 14.6. The fourth-order valence-electron chi connectivity index (χ4n) is 1.75. The van der Waals surface area contributed by atoms with Gasteiger partial charge >= 0.3 is 5.97 Å². The molecule has 0 aliphatic rings. The summed E-state index contributed by atoms with van der Waals surface area (Å²) in [5.74, 6) is -0.376. The third-order valence-electron chi connectivity index (χ3n) is 3.08. The fourth-order valence-corrected chi connectivity index (χ4v) is 1.75. The van der Waals surface area contributed by atoms with Gasteiger partial charge in [0, 0.05) is 6.54 Å². The second-order valence-corrected chi connectivity index (χ2v) is 4.40. The molecule has 0 amide bonds. The van der Waals surface area contributed by atoms with Crippen LogP contribution >= 0.6 is 0 Å². The number of benzene rings is 1. The van der Waals surface area contributed by atoms with E-state index >= 15 is 0 Å². The van der Waals surface area contributed by atoms with Gasteiger partial charge in [0.25, 0.3) is 0 Å². The van der Waals surface area contributed by atoms with Crippen LogP contribution in [0.1, 0.15) is 25.8 Å². The van der Waals surface area contributed by atoms with E-state index < -0.39 is 0 Å². The number of halogens is 1. The van der Waals surface area contributed by atoms with E-state index in [4.69, 9.17) is 4.74 Å². The van der Waals surface area contributed by atoms with Gasteiger partial charge in [0.15, 0.2) is 0 Å². The Morgan fingerprint density at radius 1 is 1.50 bits per heavy atom. The molecule has 1 aromatic carbocycles. The predicted octanol–water partition coefficient (Wildman–Crippen LogP) is 2.50. The van der Waals surface area contributed by atoms with Crippen LogP contribution in [-0.4, -0.2) is 19.1 Å². The van der Waals surface area contributed by atoms with Crippen LogP contribution in [0.15, 0.2) is 24.3 Å². The lowest BCUT2D eigenvalue weighted by atomic mass is 9.99. The summed E-state index contributed by atoms with van der Waals surface area (Å²) >= 11 is 0. The molecular formula is C14H20FNO2. The van der Waals surface area contributed by atoms with Gasteiger partial charge in [0.1, 0.15) is 11.9 Å². The molecule has 1 rings (SSSR count). The van der Waals surface area contributed by atoms with Crippen molar-refractivity contribution in [2.45, 2.75) is 32.9 Å². The third-order valence-corrected chi connectivity index (χ3v) is 3.08. The Labute approximate surface area is 107 Å². The van der Waals surface area contributed by atoms with Crippen LogP contribution in [0.2, 0.25) is 0 Å². The number of carbonyl (C=O) groups excluding carboxylic acids is 1. The monoisotopic (exact) mass is 253 g/mol. The molecule has 0 saturated carbocycles. The van der Waals surface area contributed by atoms with Crippen molar-refractivity contribution in [2.24, 2.45) is 5.92 Å². The lowest BCUT2D eigenvalue weighted by Crippen LogP contribution is -2.42. The van der Waals surface area contributed by atoms with Crippen LogP contribution in [0.3, 0.4) is 0 Å². The van der Waals surface area contributed by atoms with Crippen LogP contribution in [0.5, 0.6) is 0 Å². The van der Waals surface area contributed by atoms with Crippen LogP contribution in [-0.2, 0) is 16.1 Å². The van der Waals surface area contributed by atoms with Crippen molar-refractivity contribution >= 4 is 5.97 Å². The van der Waals surface area contributed by atoms with Crippen molar-refractivity contribution in [1.29, 1.82) is 0 Å². The number of ether oxygens (including phenoxy) is 1. The molecular weight excluding hydrogens is 233 g/mol. The normalized spacial score (nSPS) is 14.0. The lowest BCUT2D eigenvalue weighted by Gasteiger charge is -2.21. The molecule has 0 saturated heterocycles. The van der Waals surface area contributed by atoms with Crippen LogP contribution in [0, 0.1) is 11.7 Å². The molecule has 0 aliphatic carbocycles. The third kappa shape index (κ3) is 4.11. The van der Waals surface area contributed by atoms with Crippen molar-refractivity contribution in [3.05, 3.63) is 35.6 Å². The molecule has 0 aliphatic heterocycles. The molecule has 0 spiro atoms. The van der Waals surface area contributed by atoms with Gasteiger partial charge in [-0.1, -0.05) is 32.4 Å². The van der Waals surface area contributed by atoms with E-state index in [0.29, 0.717) is 6.54 Å². The highest BCUT2D eigenvalue weighted by molar-refractivity contribution is 5.75. The van der Waals surface area contributed by atoms with E-state index in [0.717, 1.165) is 12.0 Å². The van der Waals surface area contributed by atoms with Gasteiger partial charge in [-0.2, -0.15) is 0 Å². The summed E-state index contributed by atoms with van der Waals surface area (Å²) in [5.41, 5.74) is 0.812. The van der Waals surface area contributed by atoms with Gasteiger partial charge in [0.2, 0.25) is 0 Å². The largest absolute Gasteiger partial charge is 0.468 e. The second kappa shape index (κ2) is 7.11. The molecule has 0 heterocycles. The highest BCUT2D eigenvalue weighted by Crippen LogP contribution is 2.11. The molecule has 3 nitrogen and oxygen atoms in total. The van der Waals surface area contributed by atoms with Gasteiger partial charge in [-0.05, 0) is 23.6 Å². The fraction of sp³-hybridized carbons (Fsp3) is 0.500. The smallest absolute Gasteiger partial charge is 0.323 e. The minimum absolute atomic E-state index is 0.172. The molecule has 0 radical (unpaired) electrons. The summed E-state index contributed by atoms with van der Waals surface area (Å²) in [7, 11) is 1.38. The van der Waals surface area contributed by atoms with E-state index in [1.807, 2.05) is 19.9 Å². The number of nitrogens with one attached hydrogen (secondary N) is 1. The number of methoxy groups -OCH3 is 1. The lowest BCUT2D eigenvalue weighted by molar-refractivity contribution is -0.144. The molecule has 1 N–H and O–H groups in total. The maximum absolute atomic E-state index is 13.0.